The van der Waals surface area contributed by atoms with E-state index in [9.17, 15) is 4.79 Å². The summed E-state index contributed by atoms with van der Waals surface area (Å²) in [6, 6.07) is 0. The predicted molar refractivity (Wildman–Crippen MR) is 79.3 cm³/mol. The highest BCUT2D eigenvalue weighted by atomic mass is 16.1. The Morgan fingerprint density at radius 1 is 1.10 bits per heavy atom. The lowest BCUT2D eigenvalue weighted by atomic mass is 9.53. The summed E-state index contributed by atoms with van der Waals surface area (Å²) in [7, 11) is 0. The molecule has 4 aliphatic carbocycles. The monoisotopic (exact) mass is 276 g/mol. The number of hydrogen-bond donors (Lipinski definition) is 2. The first-order valence-corrected chi connectivity index (χ1v) is 8.72. The Hall–Kier alpha value is -0.570. The third-order valence-corrected chi connectivity index (χ3v) is 6.32. The molecule has 0 aromatic rings. The first kappa shape index (κ1) is 13.1. The highest BCUT2D eigenvalue weighted by molar-refractivity contribution is 5.77. The van der Waals surface area contributed by atoms with Gasteiger partial charge in [0.15, 0.2) is 0 Å². The molecule has 112 valence electrons. The van der Waals surface area contributed by atoms with Gasteiger partial charge < -0.3 is 10.6 Å². The van der Waals surface area contributed by atoms with Crippen LogP contribution in [0.5, 0.6) is 0 Å². The van der Waals surface area contributed by atoms with Crippen LogP contribution >= 0.6 is 0 Å². The molecule has 1 heterocycles. The van der Waals surface area contributed by atoms with Gasteiger partial charge in [0.05, 0.1) is 0 Å². The van der Waals surface area contributed by atoms with E-state index < -0.39 is 0 Å². The van der Waals surface area contributed by atoms with Gasteiger partial charge in [-0.15, -0.1) is 0 Å². The van der Waals surface area contributed by atoms with Gasteiger partial charge >= 0.3 is 0 Å². The minimum atomic E-state index is 0.202. The molecule has 20 heavy (non-hydrogen) atoms. The molecule has 3 nitrogen and oxygen atoms in total. The molecule has 0 radical (unpaired) electrons. The van der Waals surface area contributed by atoms with E-state index in [4.69, 9.17) is 0 Å². The van der Waals surface area contributed by atoms with Crippen molar-refractivity contribution in [1.29, 1.82) is 0 Å². The molecule has 1 aliphatic heterocycles. The summed E-state index contributed by atoms with van der Waals surface area (Å²) in [5.41, 5.74) is 0.202. The van der Waals surface area contributed by atoms with Crippen molar-refractivity contribution in [2.45, 2.75) is 63.3 Å². The Balaban J connectivity index is 1.37. The van der Waals surface area contributed by atoms with Crippen molar-refractivity contribution in [1.82, 2.24) is 10.6 Å². The highest BCUT2D eigenvalue weighted by Gasteiger charge is 2.51. The van der Waals surface area contributed by atoms with Crippen LogP contribution in [-0.2, 0) is 4.79 Å². The van der Waals surface area contributed by atoms with Crippen molar-refractivity contribution in [2.75, 3.05) is 13.1 Å². The maximum absolute atomic E-state index is 12.5. The molecular weight excluding hydrogens is 248 g/mol. The smallest absolute Gasteiger partial charge is 0.220 e. The molecule has 1 atom stereocenters. The van der Waals surface area contributed by atoms with Crippen LogP contribution in [0.25, 0.3) is 0 Å². The first-order valence-electron chi connectivity index (χ1n) is 8.72. The van der Waals surface area contributed by atoms with Gasteiger partial charge in [0.2, 0.25) is 5.91 Å². The number of nitrogens with one attached hydrogen (secondary N) is 2. The van der Waals surface area contributed by atoms with E-state index in [1.165, 1.54) is 51.4 Å². The number of rotatable bonds is 3. The van der Waals surface area contributed by atoms with Gasteiger partial charge in [-0.05, 0) is 88.1 Å². The zero-order chi connectivity index (χ0) is 13.6. The summed E-state index contributed by atoms with van der Waals surface area (Å²) >= 11 is 0. The van der Waals surface area contributed by atoms with Crippen molar-refractivity contribution >= 4 is 5.91 Å². The lowest BCUT2D eigenvalue weighted by Crippen LogP contribution is -2.60. The average molecular weight is 276 g/mol. The Kier molecular flexibility index (Phi) is 3.29. The maximum atomic E-state index is 12.5. The van der Waals surface area contributed by atoms with Crippen LogP contribution in [-0.4, -0.2) is 24.5 Å². The number of piperidine rings is 1. The molecule has 1 unspecified atom stereocenters. The first-order chi connectivity index (χ1) is 9.71. The maximum Gasteiger partial charge on any atom is 0.220 e. The second-order valence-corrected chi connectivity index (χ2v) is 8.16. The van der Waals surface area contributed by atoms with E-state index in [1.54, 1.807) is 0 Å². The van der Waals surface area contributed by atoms with Gasteiger partial charge in [-0.3, -0.25) is 4.79 Å². The van der Waals surface area contributed by atoms with Gasteiger partial charge in [-0.25, -0.2) is 0 Å². The molecular formula is C17H28N2O. The quantitative estimate of drug-likeness (QED) is 0.831. The highest BCUT2D eigenvalue weighted by Crippen LogP contribution is 2.55. The van der Waals surface area contributed by atoms with Gasteiger partial charge in [-0.1, -0.05) is 0 Å². The summed E-state index contributed by atoms with van der Waals surface area (Å²) in [6.45, 7) is 2.17. The topological polar surface area (TPSA) is 41.1 Å². The fraction of sp³-hybridized carbons (Fsp3) is 0.941. The van der Waals surface area contributed by atoms with E-state index in [1.807, 2.05) is 0 Å². The SMILES string of the molecule is O=C(CC1CCCNC1)NC12CC3CC(CC(C3)C1)C2. The third-order valence-electron chi connectivity index (χ3n) is 6.32. The van der Waals surface area contributed by atoms with Gasteiger partial charge in [0, 0.05) is 12.0 Å². The molecule has 4 bridgehead atoms. The van der Waals surface area contributed by atoms with Crippen LogP contribution < -0.4 is 10.6 Å². The predicted octanol–water partition coefficient (Wildman–Crippen LogP) is 2.46. The number of carbonyl (C=O) groups is 1. The summed E-state index contributed by atoms with van der Waals surface area (Å²) < 4.78 is 0. The Labute approximate surface area is 122 Å². The summed E-state index contributed by atoms with van der Waals surface area (Å²) in [6.07, 6.45) is 11.4. The number of amides is 1. The molecule has 0 aromatic carbocycles. The van der Waals surface area contributed by atoms with Gasteiger partial charge in [0.25, 0.3) is 0 Å². The minimum Gasteiger partial charge on any atom is -0.351 e. The van der Waals surface area contributed by atoms with Crippen LogP contribution in [0.2, 0.25) is 0 Å². The molecule has 2 N–H and O–H groups in total. The average Bonchev–Trinajstić information content (AvgIpc) is 2.37. The van der Waals surface area contributed by atoms with E-state index in [0.717, 1.165) is 37.3 Å². The fourth-order valence-corrected chi connectivity index (χ4v) is 5.97. The molecule has 0 spiro atoms. The van der Waals surface area contributed by atoms with Crippen LogP contribution in [0, 0.1) is 23.7 Å². The number of hydrogen-bond acceptors (Lipinski definition) is 2. The van der Waals surface area contributed by atoms with Crippen LogP contribution in [0.1, 0.15) is 57.8 Å². The standard InChI is InChI=1S/C17H28N2O/c20-16(7-12-2-1-3-18-11-12)19-17-8-13-4-14(9-17)6-15(5-13)10-17/h12-15,18H,1-11H2,(H,19,20). The lowest BCUT2D eigenvalue weighted by molar-refractivity contribution is -0.127. The van der Waals surface area contributed by atoms with Gasteiger partial charge in [0.1, 0.15) is 0 Å². The van der Waals surface area contributed by atoms with Crippen molar-refractivity contribution in [2.24, 2.45) is 23.7 Å². The summed E-state index contributed by atoms with van der Waals surface area (Å²) in [5.74, 6) is 3.65. The zero-order valence-electron chi connectivity index (χ0n) is 12.5. The minimum absolute atomic E-state index is 0.202. The largest absolute Gasteiger partial charge is 0.351 e. The molecule has 4 saturated carbocycles. The van der Waals surface area contributed by atoms with Gasteiger partial charge in [-0.2, -0.15) is 0 Å². The van der Waals surface area contributed by atoms with Crippen LogP contribution in [0.15, 0.2) is 0 Å². The van der Waals surface area contributed by atoms with Crippen molar-refractivity contribution < 1.29 is 4.79 Å². The molecule has 1 amide bonds. The molecule has 0 aromatic heterocycles. The lowest BCUT2D eigenvalue weighted by Gasteiger charge is -2.57. The number of carbonyl (C=O) groups excluding carboxylic acids is 1. The second kappa shape index (κ2) is 5.01. The summed E-state index contributed by atoms with van der Waals surface area (Å²) in [5, 5.41) is 6.92. The van der Waals surface area contributed by atoms with Crippen molar-refractivity contribution in [3.8, 4) is 0 Å². The third kappa shape index (κ3) is 2.49. The zero-order valence-corrected chi connectivity index (χ0v) is 12.5. The Morgan fingerprint density at radius 2 is 1.75 bits per heavy atom. The van der Waals surface area contributed by atoms with E-state index in [0.29, 0.717) is 11.8 Å². The van der Waals surface area contributed by atoms with Crippen molar-refractivity contribution in [3.63, 3.8) is 0 Å². The molecule has 5 rings (SSSR count). The van der Waals surface area contributed by atoms with Crippen LogP contribution in [0.3, 0.4) is 0 Å². The molecule has 1 saturated heterocycles. The Bertz CT molecular complexity index is 351. The van der Waals surface area contributed by atoms with E-state index >= 15 is 0 Å². The van der Waals surface area contributed by atoms with Crippen molar-refractivity contribution in [3.05, 3.63) is 0 Å². The normalized spacial score (nSPS) is 46.4. The molecule has 3 heteroatoms. The molecule has 5 fully saturated rings. The molecule has 5 aliphatic rings. The second-order valence-electron chi connectivity index (χ2n) is 8.16. The van der Waals surface area contributed by atoms with Crippen LogP contribution in [0.4, 0.5) is 0 Å². The van der Waals surface area contributed by atoms with E-state index in [-0.39, 0.29) is 5.54 Å². The fourth-order valence-electron chi connectivity index (χ4n) is 5.97. The van der Waals surface area contributed by atoms with E-state index in [2.05, 4.69) is 10.6 Å². The Morgan fingerprint density at radius 3 is 2.30 bits per heavy atom. The summed E-state index contributed by atoms with van der Waals surface area (Å²) in [4.78, 5) is 12.5.